The third kappa shape index (κ3) is 1.07. The van der Waals surface area contributed by atoms with Crippen molar-refractivity contribution in [2.45, 2.75) is 13.8 Å². The minimum atomic E-state index is -0.00231. The van der Waals surface area contributed by atoms with Crippen LogP contribution in [0.1, 0.15) is 13.8 Å². The molecule has 1 atom stereocenters. The van der Waals surface area contributed by atoms with Crippen molar-refractivity contribution >= 4 is 11.4 Å². The molecule has 54 valence electrons. The van der Waals surface area contributed by atoms with Crippen LogP contribution in [0.3, 0.4) is 0 Å². The van der Waals surface area contributed by atoms with Gasteiger partial charge in [-0.15, -0.1) is 0 Å². The molecule has 0 aromatic rings. The molecule has 3 nitrogen and oxygen atoms in total. The topological polar surface area (TPSA) is 56.4 Å². The highest BCUT2D eigenvalue weighted by Gasteiger charge is 2.14. The molecule has 0 aromatic carbocycles. The summed E-state index contributed by atoms with van der Waals surface area (Å²) in [5, 5.41) is 16.3. The lowest BCUT2D eigenvalue weighted by Gasteiger charge is -2.12. The second kappa shape index (κ2) is 2.25. The summed E-state index contributed by atoms with van der Waals surface area (Å²) < 4.78 is 0. The number of aliphatic imine (C=N–C) groups is 1. The number of nitrogens with zero attached hydrogens (tertiary/aromatic N) is 1. The van der Waals surface area contributed by atoms with Crippen LogP contribution < -0.4 is 0 Å². The van der Waals surface area contributed by atoms with Crippen molar-refractivity contribution < 1.29 is 5.11 Å². The largest absolute Gasteiger partial charge is 0.493 e. The van der Waals surface area contributed by atoms with E-state index < -0.39 is 0 Å². The van der Waals surface area contributed by atoms with Crippen LogP contribution in [0.25, 0.3) is 0 Å². The van der Waals surface area contributed by atoms with Gasteiger partial charge in [0.2, 0.25) is 5.88 Å². The predicted molar refractivity (Wildman–Crippen MR) is 40.7 cm³/mol. The van der Waals surface area contributed by atoms with E-state index in [2.05, 4.69) is 4.99 Å². The molecule has 0 saturated carbocycles. The molecule has 2 N–H and O–H groups in total. The molecule has 0 amide bonds. The molecule has 0 spiro atoms. The van der Waals surface area contributed by atoms with E-state index in [1.54, 1.807) is 13.0 Å². The zero-order valence-electron chi connectivity index (χ0n) is 6.05. The molecule has 0 bridgehead atoms. The van der Waals surface area contributed by atoms with Gasteiger partial charge in [0.05, 0.1) is 11.4 Å². The average Bonchev–Trinajstić information content (AvgIpc) is 1.82. The van der Waals surface area contributed by atoms with E-state index in [-0.39, 0.29) is 11.8 Å². The standard InChI is InChI=1S/C7H10N2O/c1-4-3-6(10)9-5(2)7(4)8/h3-4,8,10H,1-2H3. The SMILES string of the molecule is CC1=NC(O)=CC(C)C1=N. The first-order chi connectivity index (χ1) is 4.61. The van der Waals surface area contributed by atoms with E-state index in [9.17, 15) is 0 Å². The first-order valence-electron chi connectivity index (χ1n) is 3.16. The maximum Gasteiger partial charge on any atom is 0.207 e. The minimum absolute atomic E-state index is 0.00231. The second-order valence-electron chi connectivity index (χ2n) is 2.42. The summed E-state index contributed by atoms with van der Waals surface area (Å²) >= 11 is 0. The summed E-state index contributed by atoms with van der Waals surface area (Å²) in [6.45, 7) is 3.58. The lowest BCUT2D eigenvalue weighted by molar-refractivity contribution is 0.401. The quantitative estimate of drug-likeness (QED) is 0.523. The molecule has 0 aliphatic carbocycles. The molecule has 1 heterocycles. The zero-order chi connectivity index (χ0) is 7.72. The number of rotatable bonds is 0. The van der Waals surface area contributed by atoms with E-state index in [1.165, 1.54) is 0 Å². The molecular formula is C7H10N2O. The molecular weight excluding hydrogens is 128 g/mol. The van der Waals surface area contributed by atoms with Gasteiger partial charge >= 0.3 is 0 Å². The second-order valence-corrected chi connectivity index (χ2v) is 2.42. The van der Waals surface area contributed by atoms with Crippen molar-refractivity contribution in [2.24, 2.45) is 10.9 Å². The summed E-state index contributed by atoms with van der Waals surface area (Å²) in [6, 6.07) is 0. The van der Waals surface area contributed by atoms with Crippen molar-refractivity contribution in [1.82, 2.24) is 0 Å². The van der Waals surface area contributed by atoms with Crippen LogP contribution in [0, 0.1) is 11.3 Å². The van der Waals surface area contributed by atoms with Crippen molar-refractivity contribution in [3.05, 3.63) is 12.0 Å². The van der Waals surface area contributed by atoms with Gasteiger partial charge in [0.1, 0.15) is 0 Å². The fraction of sp³-hybridized carbons (Fsp3) is 0.429. The maximum absolute atomic E-state index is 8.94. The maximum atomic E-state index is 8.94. The van der Waals surface area contributed by atoms with Crippen molar-refractivity contribution in [3.8, 4) is 0 Å². The van der Waals surface area contributed by atoms with E-state index in [0.29, 0.717) is 11.4 Å². The van der Waals surface area contributed by atoms with Gasteiger partial charge in [0.25, 0.3) is 0 Å². The van der Waals surface area contributed by atoms with Crippen molar-refractivity contribution in [2.75, 3.05) is 0 Å². The number of allylic oxidation sites excluding steroid dienone is 1. The number of aliphatic hydroxyl groups is 1. The molecule has 1 rings (SSSR count). The van der Waals surface area contributed by atoms with Crippen LogP contribution in [0.15, 0.2) is 17.0 Å². The molecule has 0 aromatic heterocycles. The third-order valence-electron chi connectivity index (χ3n) is 1.53. The zero-order valence-corrected chi connectivity index (χ0v) is 6.05. The van der Waals surface area contributed by atoms with Crippen LogP contribution in [0.5, 0.6) is 0 Å². The Bertz CT molecular complexity index is 228. The normalized spacial score (nSPS) is 25.8. The van der Waals surface area contributed by atoms with E-state index in [0.717, 1.165) is 0 Å². The van der Waals surface area contributed by atoms with Gasteiger partial charge in [-0.3, -0.25) is 0 Å². The third-order valence-corrected chi connectivity index (χ3v) is 1.53. The lowest BCUT2D eigenvalue weighted by atomic mass is 10.0. The van der Waals surface area contributed by atoms with Crippen LogP contribution in [0.4, 0.5) is 0 Å². The molecule has 3 heteroatoms. The Morgan fingerprint density at radius 2 is 2.30 bits per heavy atom. The minimum Gasteiger partial charge on any atom is -0.493 e. The molecule has 1 unspecified atom stereocenters. The fourth-order valence-electron chi connectivity index (χ4n) is 0.906. The van der Waals surface area contributed by atoms with Gasteiger partial charge < -0.3 is 10.5 Å². The van der Waals surface area contributed by atoms with Gasteiger partial charge in [-0.05, 0) is 13.0 Å². The summed E-state index contributed by atoms with van der Waals surface area (Å²) in [4.78, 5) is 3.72. The molecule has 1 aliphatic rings. The van der Waals surface area contributed by atoms with Crippen LogP contribution in [-0.2, 0) is 0 Å². The van der Waals surface area contributed by atoms with Gasteiger partial charge in [-0.1, -0.05) is 6.92 Å². The number of hydrogen-bond donors (Lipinski definition) is 2. The highest BCUT2D eigenvalue weighted by Crippen LogP contribution is 2.11. The Balaban J connectivity index is 2.95. The fourth-order valence-corrected chi connectivity index (χ4v) is 0.906. The summed E-state index contributed by atoms with van der Waals surface area (Å²) in [5.74, 6) is 0.0264. The molecule has 0 fully saturated rings. The van der Waals surface area contributed by atoms with Gasteiger partial charge in [0, 0.05) is 5.92 Å². The highest BCUT2D eigenvalue weighted by molar-refractivity contribution is 6.41. The predicted octanol–water partition coefficient (Wildman–Crippen LogP) is 1.52. The smallest absolute Gasteiger partial charge is 0.207 e. The Labute approximate surface area is 59.6 Å². The van der Waals surface area contributed by atoms with Gasteiger partial charge in [-0.25, -0.2) is 4.99 Å². The number of aliphatic hydroxyl groups excluding tert-OH is 1. The Hall–Kier alpha value is -1.12. The van der Waals surface area contributed by atoms with Crippen molar-refractivity contribution in [3.63, 3.8) is 0 Å². The Kier molecular flexibility index (Phi) is 1.57. The van der Waals surface area contributed by atoms with E-state index in [1.807, 2.05) is 6.92 Å². The van der Waals surface area contributed by atoms with Crippen LogP contribution in [-0.4, -0.2) is 16.5 Å². The molecule has 0 saturated heterocycles. The number of nitrogens with one attached hydrogen (secondary N) is 1. The Morgan fingerprint density at radius 3 is 2.80 bits per heavy atom. The Morgan fingerprint density at radius 1 is 1.70 bits per heavy atom. The first kappa shape index (κ1) is 6.99. The van der Waals surface area contributed by atoms with E-state index >= 15 is 0 Å². The molecule has 0 radical (unpaired) electrons. The summed E-state index contributed by atoms with van der Waals surface area (Å²) in [6.07, 6.45) is 1.56. The summed E-state index contributed by atoms with van der Waals surface area (Å²) in [5.41, 5.74) is 1.09. The average molecular weight is 138 g/mol. The summed E-state index contributed by atoms with van der Waals surface area (Å²) in [7, 11) is 0. The monoisotopic (exact) mass is 138 g/mol. The first-order valence-corrected chi connectivity index (χ1v) is 3.16. The van der Waals surface area contributed by atoms with E-state index in [4.69, 9.17) is 10.5 Å². The van der Waals surface area contributed by atoms with Crippen LogP contribution in [0.2, 0.25) is 0 Å². The number of hydrogen-bond acceptors (Lipinski definition) is 3. The van der Waals surface area contributed by atoms with Crippen LogP contribution >= 0.6 is 0 Å². The highest BCUT2D eigenvalue weighted by atomic mass is 16.3. The lowest BCUT2D eigenvalue weighted by Crippen LogP contribution is -2.20. The van der Waals surface area contributed by atoms with Gasteiger partial charge in [0.15, 0.2) is 0 Å². The van der Waals surface area contributed by atoms with Crippen molar-refractivity contribution in [1.29, 1.82) is 5.41 Å². The van der Waals surface area contributed by atoms with Gasteiger partial charge in [-0.2, -0.15) is 0 Å². The molecule has 10 heavy (non-hydrogen) atoms. The molecule has 1 aliphatic heterocycles.